The monoisotopic (exact) mass is 367 g/mol. The van der Waals surface area contributed by atoms with E-state index >= 15 is 0 Å². The van der Waals surface area contributed by atoms with E-state index in [1.807, 2.05) is 6.07 Å². The quantitative estimate of drug-likeness (QED) is 0.446. The number of rotatable bonds is 4. The fourth-order valence-electron chi connectivity index (χ4n) is 2.79. The number of hydrogen-bond donors (Lipinski definition) is 1. The zero-order valence-corrected chi connectivity index (χ0v) is 14.1. The van der Waals surface area contributed by atoms with Gasteiger partial charge in [0.1, 0.15) is 23.0 Å². The number of H-pyrrole nitrogens is 1. The van der Waals surface area contributed by atoms with Crippen LogP contribution in [-0.2, 0) is 0 Å². The summed E-state index contributed by atoms with van der Waals surface area (Å²) in [6.45, 7) is 0. The van der Waals surface area contributed by atoms with Gasteiger partial charge in [-0.2, -0.15) is 0 Å². The number of aromatic amines is 1. The van der Waals surface area contributed by atoms with Crippen LogP contribution in [0.15, 0.2) is 75.9 Å². The van der Waals surface area contributed by atoms with Gasteiger partial charge in [-0.3, -0.25) is 0 Å². The molecule has 0 atom stereocenters. The smallest absolute Gasteiger partial charge is 0.139 e. The summed E-state index contributed by atoms with van der Waals surface area (Å²) >= 11 is 1.41. The minimum Gasteiger partial charge on any atom is -0.345 e. The number of pyridine rings is 1. The maximum atomic E-state index is 13.7. The van der Waals surface area contributed by atoms with Crippen LogP contribution < -0.4 is 0 Å². The molecule has 0 spiro atoms. The highest BCUT2D eigenvalue weighted by molar-refractivity contribution is 7.99. The second kappa shape index (κ2) is 6.68. The van der Waals surface area contributed by atoms with Crippen LogP contribution in [0.25, 0.3) is 22.2 Å². The number of fused-ring (bicyclic) bond motifs is 1. The van der Waals surface area contributed by atoms with Crippen molar-refractivity contribution in [3.05, 3.63) is 77.5 Å². The Hall–Kier alpha value is -3.06. The first-order valence-electron chi connectivity index (χ1n) is 7.68. The second-order valence-electron chi connectivity index (χ2n) is 5.58. The summed E-state index contributed by atoms with van der Waals surface area (Å²) in [5.41, 5.74) is 2.04. The molecule has 4 aromatic rings. The number of hydrogen-bond acceptors (Lipinski definition) is 4. The molecule has 2 heterocycles. The third-order valence-electron chi connectivity index (χ3n) is 3.86. The zero-order valence-electron chi connectivity index (χ0n) is 13.2. The van der Waals surface area contributed by atoms with Gasteiger partial charge in [-0.25, -0.2) is 13.8 Å². The molecule has 2 aromatic heterocycles. The highest BCUT2D eigenvalue weighted by Crippen LogP contribution is 2.39. The van der Waals surface area contributed by atoms with Gasteiger partial charge in [-0.1, -0.05) is 17.8 Å². The highest BCUT2D eigenvalue weighted by Gasteiger charge is 2.14. The summed E-state index contributed by atoms with van der Waals surface area (Å²) in [6.07, 6.45) is 3.37. The summed E-state index contributed by atoms with van der Waals surface area (Å²) in [5, 5.41) is 3.70. The first-order valence-corrected chi connectivity index (χ1v) is 8.49. The van der Waals surface area contributed by atoms with Crippen molar-refractivity contribution >= 4 is 28.5 Å². The van der Waals surface area contributed by atoms with Gasteiger partial charge in [0.25, 0.3) is 0 Å². The topological polar surface area (TPSA) is 58.1 Å². The molecule has 0 amide bonds. The molecule has 0 unspecified atom stereocenters. The van der Waals surface area contributed by atoms with Crippen LogP contribution in [0.2, 0.25) is 0 Å². The van der Waals surface area contributed by atoms with Crippen LogP contribution in [0, 0.1) is 16.5 Å². The Kier molecular flexibility index (Phi) is 4.22. The summed E-state index contributed by atoms with van der Waals surface area (Å²) in [7, 11) is 0. The Morgan fingerprint density at radius 2 is 1.85 bits per heavy atom. The lowest BCUT2D eigenvalue weighted by atomic mass is 10.0. The molecule has 7 heteroatoms. The molecule has 4 rings (SSSR count). The van der Waals surface area contributed by atoms with Crippen LogP contribution in [0.3, 0.4) is 0 Å². The lowest BCUT2D eigenvalue weighted by Crippen LogP contribution is -1.87. The van der Waals surface area contributed by atoms with Crippen molar-refractivity contribution in [1.82, 2.24) is 9.97 Å². The fraction of sp³-hybridized carbons (Fsp3) is 0. The molecule has 0 radical (unpaired) electrons. The molecule has 1 N–H and O–H groups in total. The van der Waals surface area contributed by atoms with E-state index < -0.39 is 11.6 Å². The summed E-state index contributed by atoms with van der Waals surface area (Å²) in [6, 6.07) is 12.0. The van der Waals surface area contributed by atoms with Crippen molar-refractivity contribution in [2.45, 2.75) is 9.79 Å². The van der Waals surface area contributed by atoms with Crippen LogP contribution in [0.4, 0.5) is 14.5 Å². The van der Waals surface area contributed by atoms with E-state index in [9.17, 15) is 13.7 Å². The van der Waals surface area contributed by atoms with Gasteiger partial charge in [0.2, 0.25) is 0 Å². The van der Waals surface area contributed by atoms with Crippen molar-refractivity contribution in [3.8, 4) is 11.1 Å². The molecule has 0 bridgehead atoms. The number of nitrogens with zero attached hydrogens (tertiary/aromatic N) is 2. The largest absolute Gasteiger partial charge is 0.345 e. The van der Waals surface area contributed by atoms with E-state index in [1.165, 1.54) is 23.9 Å². The van der Waals surface area contributed by atoms with Gasteiger partial charge >= 0.3 is 0 Å². The van der Waals surface area contributed by atoms with Crippen LogP contribution in [0.1, 0.15) is 0 Å². The van der Waals surface area contributed by atoms with E-state index in [4.69, 9.17) is 0 Å². The number of aromatic nitrogens is 2. The molecule has 26 heavy (non-hydrogen) atoms. The van der Waals surface area contributed by atoms with Gasteiger partial charge in [0.15, 0.2) is 0 Å². The summed E-state index contributed by atoms with van der Waals surface area (Å²) < 4.78 is 27.3. The number of halogens is 2. The molecule has 0 aliphatic rings. The lowest BCUT2D eigenvalue weighted by molar-refractivity contribution is 0.584. The molecule has 0 saturated heterocycles. The predicted molar refractivity (Wildman–Crippen MR) is 97.5 cm³/mol. The SMILES string of the molecule is O=Nc1cccc(Sc2c[nH]c3nccc(-c4cc(F)cc(F)c4)c23)c1. The molecule has 128 valence electrons. The van der Waals surface area contributed by atoms with Gasteiger partial charge in [0, 0.05) is 33.6 Å². The van der Waals surface area contributed by atoms with Gasteiger partial charge in [-0.15, -0.1) is 4.91 Å². The summed E-state index contributed by atoms with van der Waals surface area (Å²) in [5.74, 6) is -1.28. The Bertz CT molecular complexity index is 1110. The normalized spacial score (nSPS) is 11.0. The molecule has 4 nitrogen and oxygen atoms in total. The number of nitroso groups, excluding NO2 is 1. The van der Waals surface area contributed by atoms with Gasteiger partial charge in [-0.05, 0) is 52.7 Å². The average molecular weight is 367 g/mol. The lowest BCUT2D eigenvalue weighted by Gasteiger charge is -2.07. The minimum atomic E-state index is -0.639. The molecule has 0 saturated carbocycles. The number of benzene rings is 2. The maximum absolute atomic E-state index is 13.7. The molecule has 0 fully saturated rings. The minimum absolute atomic E-state index is 0.334. The van der Waals surface area contributed by atoms with E-state index in [2.05, 4.69) is 15.1 Å². The highest BCUT2D eigenvalue weighted by atomic mass is 32.2. The predicted octanol–water partition coefficient (Wildman–Crippen LogP) is 6.06. The molecule has 2 aromatic carbocycles. The third kappa shape index (κ3) is 3.09. The van der Waals surface area contributed by atoms with Crippen LogP contribution in [0.5, 0.6) is 0 Å². The third-order valence-corrected chi connectivity index (χ3v) is 4.89. The van der Waals surface area contributed by atoms with E-state index in [-0.39, 0.29) is 0 Å². The number of nitrogens with one attached hydrogen (secondary N) is 1. The maximum Gasteiger partial charge on any atom is 0.139 e. The summed E-state index contributed by atoms with van der Waals surface area (Å²) in [4.78, 5) is 19.7. The first kappa shape index (κ1) is 16.4. The Morgan fingerprint density at radius 3 is 2.62 bits per heavy atom. The molecule has 0 aliphatic carbocycles. The van der Waals surface area contributed by atoms with E-state index in [1.54, 1.807) is 36.7 Å². The molecular weight excluding hydrogens is 356 g/mol. The Morgan fingerprint density at radius 1 is 1.04 bits per heavy atom. The van der Waals surface area contributed by atoms with Crippen LogP contribution >= 0.6 is 11.8 Å². The fourth-order valence-corrected chi connectivity index (χ4v) is 3.79. The standard InChI is InChI=1S/C19H11F2N3OS/c20-12-6-11(7-13(21)8-12)16-4-5-22-19-18(16)17(10-23-19)26-15-3-1-2-14(9-15)24-25/h1-10H,(H,22,23). The van der Waals surface area contributed by atoms with Crippen LogP contribution in [-0.4, -0.2) is 9.97 Å². The molecule has 0 aliphatic heterocycles. The van der Waals surface area contributed by atoms with Crippen molar-refractivity contribution < 1.29 is 8.78 Å². The van der Waals surface area contributed by atoms with Gasteiger partial charge < -0.3 is 4.98 Å². The van der Waals surface area contributed by atoms with Crippen molar-refractivity contribution in [2.24, 2.45) is 5.18 Å². The van der Waals surface area contributed by atoms with Crippen molar-refractivity contribution in [2.75, 3.05) is 0 Å². The van der Waals surface area contributed by atoms with Crippen molar-refractivity contribution in [1.29, 1.82) is 0 Å². The zero-order chi connectivity index (χ0) is 18.1. The van der Waals surface area contributed by atoms with Gasteiger partial charge in [0.05, 0.1) is 0 Å². The Balaban J connectivity index is 1.85. The van der Waals surface area contributed by atoms with E-state index in [0.717, 1.165) is 21.2 Å². The second-order valence-corrected chi connectivity index (χ2v) is 6.70. The van der Waals surface area contributed by atoms with E-state index in [0.29, 0.717) is 22.5 Å². The molecular formula is C19H11F2N3OS. The Labute approximate surface area is 151 Å². The average Bonchev–Trinajstić information content (AvgIpc) is 3.04. The van der Waals surface area contributed by atoms with Crippen molar-refractivity contribution in [3.63, 3.8) is 0 Å². The first-order chi connectivity index (χ1) is 12.6.